The Morgan fingerprint density at radius 1 is 1.10 bits per heavy atom. The van der Waals surface area contributed by atoms with Gasteiger partial charge in [-0.2, -0.15) is 0 Å². The van der Waals surface area contributed by atoms with E-state index in [0.29, 0.717) is 26.0 Å². The van der Waals surface area contributed by atoms with Gasteiger partial charge < -0.3 is 20.1 Å². The summed E-state index contributed by atoms with van der Waals surface area (Å²) in [5.74, 6) is -0.418. The minimum Gasteiger partial charge on any atom is -0.494 e. The van der Waals surface area contributed by atoms with E-state index in [9.17, 15) is 9.59 Å². The number of benzene rings is 2. The Bertz CT molecular complexity index is 1010. The molecule has 3 aromatic rings. The molecule has 0 saturated heterocycles. The highest BCUT2D eigenvalue weighted by Crippen LogP contribution is 2.30. The average Bonchev–Trinajstić information content (AvgIpc) is 2.93. The van der Waals surface area contributed by atoms with Crippen molar-refractivity contribution >= 4 is 22.8 Å². The van der Waals surface area contributed by atoms with Crippen LogP contribution in [0.1, 0.15) is 36.1 Å². The number of rotatable bonds is 10. The first-order valence-corrected chi connectivity index (χ1v) is 9.74. The summed E-state index contributed by atoms with van der Waals surface area (Å²) in [5, 5.41) is 9.71. The predicted molar refractivity (Wildman–Crippen MR) is 112 cm³/mol. The number of unbranched alkanes of at least 4 members (excludes halogenated alkanes) is 1. The molecule has 0 unspecified atom stereocenters. The zero-order chi connectivity index (χ0) is 20.8. The van der Waals surface area contributed by atoms with Gasteiger partial charge in [0.15, 0.2) is 0 Å². The van der Waals surface area contributed by atoms with Crippen molar-refractivity contribution in [2.75, 3.05) is 6.61 Å². The van der Waals surface area contributed by atoms with E-state index in [1.54, 1.807) is 0 Å². The lowest BCUT2D eigenvalue weighted by atomic mass is 10.1. The highest BCUT2D eigenvalue weighted by atomic mass is 16.5. The van der Waals surface area contributed by atoms with Crippen LogP contribution in [0.5, 0.6) is 5.75 Å². The zero-order valence-electron chi connectivity index (χ0n) is 16.6. The van der Waals surface area contributed by atoms with E-state index in [2.05, 4.69) is 16.7 Å². The van der Waals surface area contributed by atoms with Crippen LogP contribution >= 0.6 is 0 Å². The summed E-state index contributed by atoms with van der Waals surface area (Å²) in [5.41, 5.74) is 9.59. The molecule has 0 aliphatic rings. The van der Waals surface area contributed by atoms with Gasteiger partial charge in [-0.25, -0.2) is 0 Å². The molecule has 0 atom stereocenters. The number of aromatic nitrogens is 1. The van der Waals surface area contributed by atoms with Crippen LogP contribution in [-0.4, -0.2) is 28.2 Å². The van der Waals surface area contributed by atoms with Crippen molar-refractivity contribution in [3.05, 3.63) is 65.4 Å². The third-order valence-electron chi connectivity index (χ3n) is 5.01. The zero-order valence-corrected chi connectivity index (χ0v) is 16.6. The molecule has 3 rings (SSSR count). The third-order valence-corrected chi connectivity index (χ3v) is 5.01. The summed E-state index contributed by atoms with van der Waals surface area (Å²) in [6, 6.07) is 16.0. The number of ether oxygens (including phenoxy) is 1. The molecule has 1 heterocycles. The second-order valence-corrected chi connectivity index (χ2v) is 7.16. The minimum atomic E-state index is -0.789. The van der Waals surface area contributed by atoms with Crippen LogP contribution < -0.4 is 10.5 Å². The van der Waals surface area contributed by atoms with Gasteiger partial charge in [0.1, 0.15) is 5.75 Å². The molecule has 1 amide bonds. The minimum absolute atomic E-state index is 0.151. The van der Waals surface area contributed by atoms with Gasteiger partial charge in [0.25, 0.3) is 0 Å². The van der Waals surface area contributed by atoms with Gasteiger partial charge in [-0.1, -0.05) is 30.3 Å². The van der Waals surface area contributed by atoms with Crippen LogP contribution in [0.15, 0.2) is 48.5 Å². The van der Waals surface area contributed by atoms with Crippen molar-refractivity contribution in [1.82, 2.24) is 4.57 Å². The fraction of sp³-hybridized carbons (Fsp3) is 0.304. The second-order valence-electron chi connectivity index (χ2n) is 7.16. The van der Waals surface area contributed by atoms with Crippen LogP contribution in [0.3, 0.4) is 0 Å². The molecule has 6 nitrogen and oxygen atoms in total. The van der Waals surface area contributed by atoms with E-state index in [0.717, 1.165) is 33.5 Å². The molecule has 0 spiro atoms. The number of amides is 1. The Labute approximate surface area is 169 Å². The fourth-order valence-corrected chi connectivity index (χ4v) is 3.55. The maximum atomic E-state index is 11.6. The quantitative estimate of drug-likeness (QED) is 0.513. The van der Waals surface area contributed by atoms with E-state index in [-0.39, 0.29) is 18.7 Å². The first-order chi connectivity index (χ1) is 14.0. The van der Waals surface area contributed by atoms with Crippen molar-refractivity contribution in [3.8, 4) is 5.75 Å². The Hall–Kier alpha value is -3.28. The number of carbonyl (C=O) groups excluding carboxylic acids is 1. The maximum Gasteiger partial charge on any atom is 0.303 e. The monoisotopic (exact) mass is 394 g/mol. The highest BCUT2D eigenvalue weighted by Gasteiger charge is 2.16. The van der Waals surface area contributed by atoms with E-state index in [4.69, 9.17) is 15.6 Å². The number of nitrogens with two attached hydrogens (primary N) is 1. The summed E-state index contributed by atoms with van der Waals surface area (Å²) in [6.07, 6.45) is 1.61. The SMILES string of the molecule is Cc1c(CC(N)=O)c2ccc(OCCCCC(=O)O)cc2n1Cc1ccccc1. The van der Waals surface area contributed by atoms with Crippen molar-refractivity contribution in [2.24, 2.45) is 5.73 Å². The van der Waals surface area contributed by atoms with Crippen LogP contribution in [0, 0.1) is 6.92 Å². The molecular formula is C23H26N2O4. The fourth-order valence-electron chi connectivity index (χ4n) is 3.55. The molecule has 0 bridgehead atoms. The van der Waals surface area contributed by atoms with Crippen LogP contribution in [-0.2, 0) is 22.6 Å². The normalized spacial score (nSPS) is 10.9. The lowest BCUT2D eigenvalue weighted by molar-refractivity contribution is -0.137. The van der Waals surface area contributed by atoms with E-state index >= 15 is 0 Å². The molecule has 29 heavy (non-hydrogen) atoms. The number of fused-ring (bicyclic) bond motifs is 1. The summed E-state index contributed by atoms with van der Waals surface area (Å²) >= 11 is 0. The van der Waals surface area contributed by atoms with E-state index in [1.165, 1.54) is 0 Å². The lowest BCUT2D eigenvalue weighted by Crippen LogP contribution is -2.14. The van der Waals surface area contributed by atoms with Crippen molar-refractivity contribution in [2.45, 2.75) is 39.2 Å². The van der Waals surface area contributed by atoms with Gasteiger partial charge in [0.05, 0.1) is 18.5 Å². The number of carbonyl (C=O) groups is 2. The number of carboxylic acids is 1. The van der Waals surface area contributed by atoms with Crippen LogP contribution in [0.25, 0.3) is 10.9 Å². The van der Waals surface area contributed by atoms with Crippen LogP contribution in [0.4, 0.5) is 0 Å². The number of aliphatic carboxylic acids is 1. The number of carboxylic acid groups (broad SMARTS) is 1. The van der Waals surface area contributed by atoms with Crippen molar-refractivity contribution < 1.29 is 19.4 Å². The third kappa shape index (κ3) is 5.16. The Morgan fingerprint density at radius 2 is 1.86 bits per heavy atom. The van der Waals surface area contributed by atoms with Gasteiger partial charge in [0, 0.05) is 30.1 Å². The first-order valence-electron chi connectivity index (χ1n) is 9.74. The summed E-state index contributed by atoms with van der Waals surface area (Å²) in [6.45, 7) is 3.16. The molecule has 0 aliphatic heterocycles. The molecule has 3 N–H and O–H groups in total. The number of nitrogens with zero attached hydrogens (tertiary/aromatic N) is 1. The smallest absolute Gasteiger partial charge is 0.303 e. The highest BCUT2D eigenvalue weighted by molar-refractivity contribution is 5.91. The van der Waals surface area contributed by atoms with Gasteiger partial charge in [0.2, 0.25) is 5.91 Å². The van der Waals surface area contributed by atoms with Gasteiger partial charge in [-0.05, 0) is 43.0 Å². The standard InChI is InChI=1S/C23H26N2O4/c1-16-20(14-22(24)26)19-11-10-18(29-12-6-5-9-23(27)28)13-21(19)25(16)15-17-7-3-2-4-8-17/h2-4,7-8,10-11,13H,5-6,9,12,14-15H2,1H3,(H2,24,26)(H,27,28). The second kappa shape index (κ2) is 9.28. The number of hydrogen-bond donors (Lipinski definition) is 2. The largest absolute Gasteiger partial charge is 0.494 e. The number of hydrogen-bond acceptors (Lipinski definition) is 3. The van der Waals surface area contributed by atoms with Gasteiger partial charge >= 0.3 is 5.97 Å². The van der Waals surface area contributed by atoms with E-state index in [1.807, 2.05) is 43.3 Å². The molecule has 0 saturated carbocycles. The van der Waals surface area contributed by atoms with Gasteiger partial charge in [-0.3, -0.25) is 9.59 Å². The molecule has 1 aromatic heterocycles. The molecule has 0 fully saturated rings. The van der Waals surface area contributed by atoms with Crippen molar-refractivity contribution in [3.63, 3.8) is 0 Å². The first kappa shape index (κ1) is 20.5. The molecule has 0 aliphatic carbocycles. The van der Waals surface area contributed by atoms with Crippen molar-refractivity contribution in [1.29, 1.82) is 0 Å². The Balaban J connectivity index is 1.88. The molecule has 152 valence electrons. The topological polar surface area (TPSA) is 94.6 Å². The van der Waals surface area contributed by atoms with Gasteiger partial charge in [-0.15, -0.1) is 0 Å². The average molecular weight is 394 g/mol. The number of primary amides is 1. The predicted octanol–water partition coefficient (Wildman–Crippen LogP) is 3.66. The van der Waals surface area contributed by atoms with E-state index < -0.39 is 5.97 Å². The summed E-state index contributed by atoms with van der Waals surface area (Å²) < 4.78 is 8.01. The lowest BCUT2D eigenvalue weighted by Gasteiger charge is -2.10. The maximum absolute atomic E-state index is 11.6. The molecule has 6 heteroatoms. The van der Waals surface area contributed by atoms with Crippen LogP contribution in [0.2, 0.25) is 0 Å². The molecular weight excluding hydrogens is 368 g/mol. The summed E-state index contributed by atoms with van der Waals surface area (Å²) in [4.78, 5) is 22.2. The molecule has 0 radical (unpaired) electrons. The molecule has 2 aromatic carbocycles. The Morgan fingerprint density at radius 3 is 2.55 bits per heavy atom. The summed E-state index contributed by atoms with van der Waals surface area (Å²) in [7, 11) is 0. The Kier molecular flexibility index (Phi) is 6.54.